The summed E-state index contributed by atoms with van der Waals surface area (Å²) in [5.41, 5.74) is -0.0875. The average Bonchev–Trinajstić information content (AvgIpc) is 2.86. The molecule has 1 heterocycles. The van der Waals surface area contributed by atoms with Gasteiger partial charge in [0.2, 0.25) is 0 Å². The minimum Gasteiger partial charge on any atom is -0.308 e. The Bertz CT molecular complexity index is 1060. The Hall–Kier alpha value is -3.46. The van der Waals surface area contributed by atoms with Crippen molar-refractivity contribution in [2.24, 2.45) is 0 Å². The highest BCUT2D eigenvalue weighted by Crippen LogP contribution is 2.31. The van der Waals surface area contributed by atoms with Gasteiger partial charge in [0, 0.05) is 23.0 Å². The molecule has 9 nitrogen and oxygen atoms in total. The molecule has 0 atom stereocenters. The van der Waals surface area contributed by atoms with Crippen molar-refractivity contribution in [3.63, 3.8) is 0 Å². The van der Waals surface area contributed by atoms with Gasteiger partial charge in [-0.25, -0.2) is 4.79 Å². The van der Waals surface area contributed by atoms with Crippen molar-refractivity contribution < 1.29 is 19.3 Å². The van der Waals surface area contributed by atoms with Gasteiger partial charge in [-0.2, -0.15) is 0 Å². The van der Waals surface area contributed by atoms with E-state index in [1.54, 1.807) is 20.8 Å². The number of amides is 4. The van der Waals surface area contributed by atoms with Crippen molar-refractivity contribution in [2.45, 2.75) is 26.3 Å². The Balaban J connectivity index is 1.78. The molecule has 0 aliphatic carbocycles. The molecule has 0 fully saturated rings. The average molecular weight is 417 g/mol. The number of anilines is 2. The molecule has 150 valence electrons. The van der Waals surface area contributed by atoms with Crippen LogP contribution in [-0.2, 0) is 0 Å². The molecule has 0 unspecified atom stereocenters. The van der Waals surface area contributed by atoms with E-state index in [-0.39, 0.29) is 33.4 Å². The van der Waals surface area contributed by atoms with Gasteiger partial charge in [0.05, 0.1) is 16.1 Å². The van der Waals surface area contributed by atoms with Gasteiger partial charge in [-0.15, -0.1) is 0 Å². The summed E-state index contributed by atoms with van der Waals surface area (Å²) in [5.74, 6) is -0.822. The summed E-state index contributed by atoms with van der Waals surface area (Å²) in [6.07, 6.45) is 0. The topological polar surface area (TPSA) is 122 Å². The molecule has 10 heteroatoms. The van der Waals surface area contributed by atoms with Crippen LogP contribution in [0.3, 0.4) is 0 Å². The van der Waals surface area contributed by atoms with E-state index in [1.807, 2.05) is 0 Å². The summed E-state index contributed by atoms with van der Waals surface area (Å²) >= 11 is 5.75. The molecule has 29 heavy (non-hydrogen) atoms. The Morgan fingerprint density at radius 3 is 2.14 bits per heavy atom. The SMILES string of the molecule is CC(C)(C)N1C(=O)c2ccc(NC(=O)Nc3ccc(Cl)c([N+](=O)[O-])c3)cc2C1=O. The number of benzene rings is 2. The lowest BCUT2D eigenvalue weighted by Gasteiger charge is -2.29. The van der Waals surface area contributed by atoms with Crippen LogP contribution in [0.5, 0.6) is 0 Å². The fraction of sp³-hybridized carbons (Fsp3) is 0.211. The van der Waals surface area contributed by atoms with Crippen LogP contribution < -0.4 is 10.6 Å². The van der Waals surface area contributed by atoms with Gasteiger partial charge in [0.1, 0.15) is 5.02 Å². The minimum atomic E-state index is -0.679. The third-order valence-electron chi connectivity index (χ3n) is 4.22. The number of nitro groups is 1. The first-order chi connectivity index (χ1) is 13.5. The molecule has 2 aromatic rings. The van der Waals surface area contributed by atoms with Crippen molar-refractivity contribution in [2.75, 3.05) is 10.6 Å². The third-order valence-corrected chi connectivity index (χ3v) is 4.54. The van der Waals surface area contributed by atoms with Crippen molar-refractivity contribution in [1.82, 2.24) is 4.90 Å². The third kappa shape index (κ3) is 3.90. The molecule has 0 aromatic heterocycles. The van der Waals surface area contributed by atoms with Gasteiger partial charge >= 0.3 is 6.03 Å². The lowest BCUT2D eigenvalue weighted by atomic mass is 10.1. The molecule has 0 spiro atoms. The second-order valence-corrected chi connectivity index (χ2v) is 7.79. The van der Waals surface area contributed by atoms with Gasteiger partial charge in [-0.1, -0.05) is 11.6 Å². The maximum absolute atomic E-state index is 12.6. The largest absolute Gasteiger partial charge is 0.323 e. The van der Waals surface area contributed by atoms with E-state index in [0.717, 1.165) is 6.07 Å². The smallest absolute Gasteiger partial charge is 0.308 e. The Morgan fingerprint density at radius 2 is 1.55 bits per heavy atom. The van der Waals surface area contributed by atoms with Gasteiger partial charge in [0.25, 0.3) is 17.5 Å². The van der Waals surface area contributed by atoms with Gasteiger partial charge in [-0.3, -0.25) is 24.6 Å². The number of imide groups is 1. The Labute approximate surface area is 170 Å². The van der Waals surface area contributed by atoms with E-state index in [4.69, 9.17) is 11.6 Å². The maximum atomic E-state index is 12.6. The highest BCUT2D eigenvalue weighted by Gasteiger charge is 2.41. The first-order valence-electron chi connectivity index (χ1n) is 8.54. The number of fused-ring (bicyclic) bond motifs is 1. The number of halogens is 1. The molecule has 0 radical (unpaired) electrons. The number of nitrogens with zero attached hydrogens (tertiary/aromatic N) is 2. The summed E-state index contributed by atoms with van der Waals surface area (Å²) in [5, 5.41) is 15.9. The second-order valence-electron chi connectivity index (χ2n) is 7.38. The molecule has 4 amide bonds. The number of rotatable bonds is 3. The van der Waals surface area contributed by atoms with E-state index in [2.05, 4.69) is 10.6 Å². The quantitative estimate of drug-likeness (QED) is 0.439. The van der Waals surface area contributed by atoms with Crippen LogP contribution in [0, 0.1) is 10.1 Å². The molecule has 1 aliphatic rings. The van der Waals surface area contributed by atoms with Gasteiger partial charge in [0.15, 0.2) is 0 Å². The van der Waals surface area contributed by atoms with Crippen LogP contribution in [0.4, 0.5) is 21.9 Å². The van der Waals surface area contributed by atoms with Crippen molar-refractivity contribution in [3.8, 4) is 0 Å². The zero-order valence-electron chi connectivity index (χ0n) is 15.8. The zero-order valence-corrected chi connectivity index (χ0v) is 16.5. The zero-order chi connectivity index (χ0) is 21.5. The standard InChI is InChI=1S/C19H17ClN4O5/c1-19(2,3)23-16(25)12-6-4-10(8-13(12)17(23)26)21-18(27)22-11-5-7-14(20)15(9-11)24(28)29/h4-9H,1-3H3,(H2,21,22,27). The molecule has 1 aliphatic heterocycles. The molecule has 2 N–H and O–H groups in total. The predicted molar refractivity (Wildman–Crippen MR) is 107 cm³/mol. The highest BCUT2D eigenvalue weighted by atomic mass is 35.5. The summed E-state index contributed by atoms with van der Waals surface area (Å²) in [6.45, 7) is 5.27. The van der Waals surface area contributed by atoms with Crippen LogP contribution >= 0.6 is 11.6 Å². The lowest BCUT2D eigenvalue weighted by molar-refractivity contribution is -0.384. The lowest BCUT2D eigenvalue weighted by Crippen LogP contribution is -2.45. The van der Waals surface area contributed by atoms with Gasteiger partial charge in [-0.05, 0) is 51.1 Å². The summed E-state index contributed by atoms with van der Waals surface area (Å²) < 4.78 is 0. The molecule has 0 bridgehead atoms. The summed E-state index contributed by atoms with van der Waals surface area (Å²) in [7, 11) is 0. The van der Waals surface area contributed by atoms with Crippen molar-refractivity contribution in [1.29, 1.82) is 0 Å². The van der Waals surface area contributed by atoms with Crippen LogP contribution in [0.25, 0.3) is 0 Å². The van der Waals surface area contributed by atoms with E-state index in [1.165, 1.54) is 35.2 Å². The van der Waals surface area contributed by atoms with Crippen LogP contribution in [-0.4, -0.2) is 33.2 Å². The number of carbonyl (C=O) groups is 3. The predicted octanol–water partition coefficient (Wildman–Crippen LogP) is 4.29. The number of hydrogen-bond donors (Lipinski definition) is 2. The number of urea groups is 1. The van der Waals surface area contributed by atoms with Crippen LogP contribution in [0.2, 0.25) is 5.02 Å². The number of carbonyl (C=O) groups excluding carboxylic acids is 3. The molecule has 0 saturated carbocycles. The molecule has 0 saturated heterocycles. The highest BCUT2D eigenvalue weighted by molar-refractivity contribution is 6.32. The molecular formula is C19H17ClN4O5. The number of nitro benzene ring substituents is 1. The number of hydrogen-bond acceptors (Lipinski definition) is 5. The normalized spacial score (nSPS) is 13.3. The monoisotopic (exact) mass is 416 g/mol. The van der Waals surface area contributed by atoms with Crippen molar-refractivity contribution >= 4 is 46.5 Å². The Kier molecular flexibility index (Phi) is 5.02. The number of nitrogens with one attached hydrogen (secondary N) is 2. The summed E-state index contributed by atoms with van der Waals surface area (Å²) in [6, 6.07) is 7.58. The molecule has 2 aromatic carbocycles. The van der Waals surface area contributed by atoms with Crippen molar-refractivity contribution in [3.05, 3.63) is 62.7 Å². The minimum absolute atomic E-state index is 0.0498. The fourth-order valence-electron chi connectivity index (χ4n) is 2.95. The first kappa shape index (κ1) is 20.3. The van der Waals surface area contributed by atoms with Gasteiger partial charge < -0.3 is 10.6 Å². The fourth-order valence-corrected chi connectivity index (χ4v) is 3.14. The maximum Gasteiger partial charge on any atom is 0.323 e. The van der Waals surface area contributed by atoms with Crippen LogP contribution in [0.15, 0.2) is 36.4 Å². The second kappa shape index (κ2) is 7.17. The van der Waals surface area contributed by atoms with E-state index in [9.17, 15) is 24.5 Å². The van der Waals surface area contributed by atoms with E-state index >= 15 is 0 Å². The van der Waals surface area contributed by atoms with E-state index in [0.29, 0.717) is 5.69 Å². The summed E-state index contributed by atoms with van der Waals surface area (Å²) in [4.78, 5) is 48.8. The first-order valence-corrected chi connectivity index (χ1v) is 8.91. The molecule has 3 rings (SSSR count). The Morgan fingerprint density at radius 1 is 1.00 bits per heavy atom. The molecular weight excluding hydrogens is 400 g/mol. The van der Waals surface area contributed by atoms with Crippen LogP contribution in [0.1, 0.15) is 41.5 Å². The van der Waals surface area contributed by atoms with E-state index < -0.39 is 22.4 Å².